The van der Waals surface area contributed by atoms with Gasteiger partial charge in [0, 0.05) is 34.0 Å². The maximum absolute atomic E-state index is 13.2. The van der Waals surface area contributed by atoms with E-state index in [1.807, 2.05) is 24.3 Å². The summed E-state index contributed by atoms with van der Waals surface area (Å²) in [6, 6.07) is 11.2. The first-order valence-electron chi connectivity index (χ1n) is 13.1. The molecule has 3 aliphatic heterocycles. The Bertz CT molecular complexity index is 1300. The maximum atomic E-state index is 13.2. The quantitative estimate of drug-likeness (QED) is 0.708. The minimum absolute atomic E-state index is 0.0339. The average Bonchev–Trinajstić information content (AvgIpc) is 3.24. The van der Waals surface area contributed by atoms with Gasteiger partial charge in [-0.3, -0.25) is 14.4 Å². The summed E-state index contributed by atoms with van der Waals surface area (Å²) in [5, 5.41) is 0.349. The molecule has 0 aromatic heterocycles. The van der Waals surface area contributed by atoms with Crippen LogP contribution in [0.15, 0.2) is 54.7 Å². The van der Waals surface area contributed by atoms with Gasteiger partial charge in [-0.05, 0) is 36.0 Å². The number of hydrogen-bond donors (Lipinski definition) is 1. The molecule has 2 saturated heterocycles. The number of rotatable bonds is 6. The van der Waals surface area contributed by atoms with E-state index in [0.29, 0.717) is 41.9 Å². The van der Waals surface area contributed by atoms with Crippen molar-refractivity contribution in [2.24, 2.45) is 0 Å². The maximum Gasteiger partial charge on any atom is 0.255 e. The number of amides is 3. The lowest BCUT2D eigenvalue weighted by molar-refractivity contribution is -0.143. The highest BCUT2D eigenvalue weighted by Crippen LogP contribution is 2.34. The first kappa shape index (κ1) is 17.8. The predicted molar refractivity (Wildman–Crippen MR) is 124 cm³/mol. The number of carbonyl (C=O) groups excluding carboxylic acids is 3. The van der Waals surface area contributed by atoms with E-state index in [1.165, 1.54) is 0 Å². The fraction of sp³-hybridized carbons (Fsp3) is 0.346. The lowest BCUT2D eigenvalue weighted by atomic mass is 10.0. The molecule has 0 bridgehead atoms. The Hall–Kier alpha value is -3.65. The third-order valence-electron chi connectivity index (χ3n) is 6.07. The SMILES string of the molecule is [2H]C1C(N2Cc3c(OCc4ccc(CN5CCOCC5=O)cc4)cccc3C2=O)C(=O)N([2H])C(=C)C1([2H])[2H]. The van der Waals surface area contributed by atoms with E-state index in [9.17, 15) is 14.4 Å². The number of nitrogens with zero attached hydrogens (tertiary/aromatic N) is 2. The average molecular weight is 466 g/mol. The van der Waals surface area contributed by atoms with Crippen LogP contribution in [0, 0.1) is 0 Å². The van der Waals surface area contributed by atoms with Crippen LogP contribution in [0.1, 0.15) is 43.9 Å². The largest absolute Gasteiger partial charge is 0.489 e. The highest BCUT2D eigenvalue weighted by Gasteiger charge is 2.39. The van der Waals surface area contributed by atoms with Crippen LogP contribution in [0.2, 0.25) is 1.41 Å². The molecule has 2 unspecified atom stereocenters. The number of morpholine rings is 1. The molecule has 8 heteroatoms. The summed E-state index contributed by atoms with van der Waals surface area (Å²) in [7, 11) is 0. The van der Waals surface area contributed by atoms with Crippen molar-refractivity contribution in [2.45, 2.75) is 38.5 Å². The monoisotopic (exact) mass is 465 g/mol. The van der Waals surface area contributed by atoms with Crippen LogP contribution >= 0.6 is 0 Å². The van der Waals surface area contributed by atoms with Gasteiger partial charge in [0.05, 0.1) is 13.2 Å². The molecule has 176 valence electrons. The van der Waals surface area contributed by atoms with Crippen LogP contribution in [-0.2, 0) is 34.0 Å². The van der Waals surface area contributed by atoms with Gasteiger partial charge in [0.2, 0.25) is 11.8 Å². The molecule has 0 radical (unpaired) electrons. The molecule has 3 amide bonds. The van der Waals surface area contributed by atoms with Crippen molar-refractivity contribution in [2.75, 3.05) is 19.8 Å². The summed E-state index contributed by atoms with van der Waals surface area (Å²) >= 11 is 0. The second kappa shape index (κ2) is 9.30. The number of piperidine rings is 1. The van der Waals surface area contributed by atoms with Crippen LogP contribution in [0.25, 0.3) is 0 Å². The molecule has 3 aliphatic rings. The summed E-state index contributed by atoms with van der Waals surface area (Å²) < 4.78 is 43.8. The summed E-state index contributed by atoms with van der Waals surface area (Å²) in [5.74, 6) is -0.970. The Labute approximate surface area is 203 Å². The fourth-order valence-electron chi connectivity index (χ4n) is 4.23. The number of nitrogens with one attached hydrogen (secondary N) is 1. The molecule has 0 saturated carbocycles. The smallest absolute Gasteiger partial charge is 0.255 e. The third-order valence-corrected chi connectivity index (χ3v) is 6.07. The Morgan fingerprint density at radius 1 is 1.18 bits per heavy atom. The van der Waals surface area contributed by atoms with Crippen molar-refractivity contribution >= 4 is 17.7 Å². The fourth-order valence-corrected chi connectivity index (χ4v) is 4.23. The van der Waals surface area contributed by atoms with E-state index in [1.54, 1.807) is 23.1 Å². The van der Waals surface area contributed by atoms with Crippen molar-refractivity contribution in [1.29, 1.82) is 0 Å². The molecule has 5 rings (SSSR count). The molecule has 1 N–H and O–H groups in total. The number of hydrogen-bond acceptors (Lipinski definition) is 5. The number of carbonyl (C=O) groups is 3. The van der Waals surface area contributed by atoms with Crippen molar-refractivity contribution in [3.05, 3.63) is 77.0 Å². The number of fused-ring (bicyclic) bond motifs is 1. The van der Waals surface area contributed by atoms with Gasteiger partial charge < -0.3 is 24.6 Å². The zero-order valence-corrected chi connectivity index (χ0v) is 18.5. The molecular weight excluding hydrogens is 434 g/mol. The first-order valence-corrected chi connectivity index (χ1v) is 11.0. The van der Waals surface area contributed by atoms with Gasteiger partial charge in [0.25, 0.3) is 5.91 Å². The van der Waals surface area contributed by atoms with E-state index in [0.717, 1.165) is 16.0 Å². The van der Waals surface area contributed by atoms with Crippen LogP contribution in [0.3, 0.4) is 0 Å². The molecule has 2 aromatic carbocycles. The molecule has 2 fully saturated rings. The molecule has 8 nitrogen and oxygen atoms in total. The van der Waals surface area contributed by atoms with Gasteiger partial charge in [-0.1, -0.05) is 36.9 Å². The molecule has 2 aromatic rings. The summed E-state index contributed by atoms with van der Waals surface area (Å²) in [6.45, 7) is 5.32. The zero-order valence-electron chi connectivity index (χ0n) is 22.5. The molecule has 34 heavy (non-hydrogen) atoms. The van der Waals surface area contributed by atoms with Gasteiger partial charge in [-0.2, -0.15) is 0 Å². The Kier molecular flexibility index (Phi) is 4.86. The number of allylic oxidation sites excluding steroid dienone is 1. The van der Waals surface area contributed by atoms with E-state index in [-0.39, 0.29) is 25.7 Å². The van der Waals surface area contributed by atoms with Gasteiger partial charge >= 0.3 is 0 Å². The van der Waals surface area contributed by atoms with Gasteiger partial charge in [-0.25, -0.2) is 0 Å². The lowest BCUT2D eigenvalue weighted by Crippen LogP contribution is -2.49. The van der Waals surface area contributed by atoms with Crippen LogP contribution in [0.5, 0.6) is 5.75 Å². The van der Waals surface area contributed by atoms with Crippen molar-refractivity contribution in [3.8, 4) is 5.75 Å². The van der Waals surface area contributed by atoms with E-state index in [4.69, 9.17) is 15.0 Å². The topological polar surface area (TPSA) is 88.2 Å². The predicted octanol–water partition coefficient (Wildman–Crippen LogP) is 2.37. The van der Waals surface area contributed by atoms with E-state index in [2.05, 4.69) is 6.58 Å². The van der Waals surface area contributed by atoms with Gasteiger partial charge in [0.15, 0.2) is 1.41 Å². The lowest BCUT2D eigenvalue weighted by Gasteiger charge is -2.31. The minimum Gasteiger partial charge on any atom is -0.489 e. The molecule has 0 aliphatic carbocycles. The standard InChI is InChI=1S/C26H27N3O5/c1-17-5-10-22(25(31)27-17)29-14-21-20(26(29)32)3-2-4-23(21)34-15-19-8-6-18(7-9-19)13-28-11-12-33-16-24(28)30/h2-4,6-9,22H,1,5,10-16H2,(H,27,31)/i5D2,10D/hD. The van der Waals surface area contributed by atoms with Crippen LogP contribution in [-0.4, -0.2) is 53.3 Å². The van der Waals surface area contributed by atoms with Crippen molar-refractivity contribution < 1.29 is 29.4 Å². The Morgan fingerprint density at radius 2 is 1.97 bits per heavy atom. The highest BCUT2D eigenvalue weighted by molar-refractivity contribution is 6.02. The second-order valence-electron chi connectivity index (χ2n) is 8.34. The molecule has 2 atom stereocenters. The van der Waals surface area contributed by atoms with E-state index >= 15 is 0 Å². The number of benzene rings is 2. The molecule has 0 spiro atoms. The van der Waals surface area contributed by atoms with Crippen LogP contribution in [0.4, 0.5) is 0 Å². The van der Waals surface area contributed by atoms with Crippen molar-refractivity contribution in [3.63, 3.8) is 0 Å². The van der Waals surface area contributed by atoms with Gasteiger partial charge in [-0.15, -0.1) is 0 Å². The first-order chi connectivity index (χ1) is 18.1. The van der Waals surface area contributed by atoms with Gasteiger partial charge in [0.1, 0.15) is 25.0 Å². The third kappa shape index (κ3) is 4.41. The van der Waals surface area contributed by atoms with Crippen molar-refractivity contribution in [1.82, 2.24) is 15.1 Å². The van der Waals surface area contributed by atoms with Crippen LogP contribution < -0.4 is 10.0 Å². The second-order valence-corrected chi connectivity index (χ2v) is 8.34. The molecular formula is C26H27N3O5. The highest BCUT2D eigenvalue weighted by atomic mass is 16.5. The number of ether oxygens (including phenoxy) is 2. The Morgan fingerprint density at radius 3 is 2.76 bits per heavy atom. The summed E-state index contributed by atoms with van der Waals surface area (Å²) in [5.41, 5.74) is 2.30. The van der Waals surface area contributed by atoms with E-state index < -0.39 is 36.3 Å². The normalized spacial score (nSPS) is 26.1. The zero-order chi connectivity index (χ0) is 27.2. The summed E-state index contributed by atoms with van der Waals surface area (Å²) in [4.78, 5) is 40.9. The Balaban J connectivity index is 1.28. The minimum atomic E-state index is -2.35. The molecule has 3 heterocycles. The summed E-state index contributed by atoms with van der Waals surface area (Å²) in [6.07, 6.45) is -3.98.